The molecule has 28 heavy (non-hydrogen) atoms. The zero-order valence-corrected chi connectivity index (χ0v) is 17.7. The fourth-order valence-electron chi connectivity index (χ4n) is 4.64. The lowest BCUT2D eigenvalue weighted by Gasteiger charge is -2.38. The van der Waals surface area contributed by atoms with Gasteiger partial charge in [0.15, 0.2) is 0 Å². The molecule has 2 fully saturated rings. The zero-order valence-electron chi connectivity index (χ0n) is 16.2. The number of nitrogens with one attached hydrogen (secondary N) is 1. The van der Waals surface area contributed by atoms with Crippen LogP contribution < -0.4 is 5.32 Å². The molecule has 0 spiro atoms. The van der Waals surface area contributed by atoms with E-state index in [0.29, 0.717) is 12.0 Å². The maximum atomic E-state index is 6.37. The van der Waals surface area contributed by atoms with Crippen molar-refractivity contribution in [3.05, 3.63) is 58.1 Å². The van der Waals surface area contributed by atoms with E-state index in [0.717, 1.165) is 48.3 Å². The molecular formula is C22H28Cl2N4. The third-order valence-corrected chi connectivity index (χ3v) is 6.80. The molecule has 2 unspecified atom stereocenters. The summed E-state index contributed by atoms with van der Waals surface area (Å²) >= 11 is 12.5. The van der Waals surface area contributed by atoms with Crippen LogP contribution in [0.1, 0.15) is 49.5 Å². The van der Waals surface area contributed by atoms with Gasteiger partial charge in [-0.1, -0.05) is 23.2 Å². The quantitative estimate of drug-likeness (QED) is 0.764. The lowest BCUT2D eigenvalue weighted by Crippen LogP contribution is -2.42. The Morgan fingerprint density at radius 2 is 1.86 bits per heavy atom. The summed E-state index contributed by atoms with van der Waals surface area (Å²) in [4.78, 5) is 11.7. The molecule has 0 aliphatic carbocycles. The molecule has 0 bridgehead atoms. The van der Waals surface area contributed by atoms with Crippen molar-refractivity contribution in [3.8, 4) is 0 Å². The topological polar surface area (TPSA) is 41.0 Å². The molecule has 2 aromatic rings. The number of nitrogens with zero attached hydrogens (tertiary/aromatic N) is 3. The number of aromatic nitrogens is 2. The maximum absolute atomic E-state index is 6.37. The number of hydrogen-bond donors (Lipinski definition) is 1. The molecular weight excluding hydrogens is 391 g/mol. The highest BCUT2D eigenvalue weighted by Crippen LogP contribution is 2.31. The normalized spacial score (nSPS) is 24.8. The van der Waals surface area contributed by atoms with Crippen LogP contribution in [0.2, 0.25) is 10.0 Å². The zero-order chi connectivity index (χ0) is 19.3. The van der Waals surface area contributed by atoms with Crippen LogP contribution in [0.4, 0.5) is 0 Å². The molecule has 3 heterocycles. The Morgan fingerprint density at radius 3 is 2.64 bits per heavy atom. The fraction of sp³-hybridized carbons (Fsp3) is 0.545. The number of likely N-dealkylation sites (tertiary alicyclic amines) is 1. The monoisotopic (exact) mass is 418 g/mol. The van der Waals surface area contributed by atoms with Crippen LogP contribution in [0, 0.1) is 5.92 Å². The Hall–Kier alpha value is -1.20. The molecule has 2 aliphatic rings. The van der Waals surface area contributed by atoms with Crippen LogP contribution in [-0.4, -0.2) is 40.5 Å². The van der Waals surface area contributed by atoms with E-state index in [2.05, 4.69) is 20.2 Å². The van der Waals surface area contributed by atoms with Crippen molar-refractivity contribution in [2.45, 2.75) is 50.6 Å². The van der Waals surface area contributed by atoms with Gasteiger partial charge in [0.2, 0.25) is 0 Å². The Bertz CT molecular complexity index is 762. The van der Waals surface area contributed by atoms with Crippen molar-refractivity contribution in [1.29, 1.82) is 0 Å². The van der Waals surface area contributed by atoms with E-state index < -0.39 is 0 Å². The molecule has 0 saturated carbocycles. The van der Waals surface area contributed by atoms with E-state index in [4.69, 9.17) is 23.2 Å². The second kappa shape index (κ2) is 9.53. The lowest BCUT2D eigenvalue weighted by atomic mass is 9.88. The smallest absolute Gasteiger partial charge is 0.145 e. The van der Waals surface area contributed by atoms with E-state index in [9.17, 15) is 0 Å². The maximum Gasteiger partial charge on any atom is 0.145 e. The van der Waals surface area contributed by atoms with Crippen molar-refractivity contribution in [3.63, 3.8) is 0 Å². The molecule has 0 amide bonds. The van der Waals surface area contributed by atoms with E-state index in [1.54, 1.807) is 0 Å². The third-order valence-electron chi connectivity index (χ3n) is 6.19. The van der Waals surface area contributed by atoms with Gasteiger partial charge < -0.3 is 10.2 Å². The number of hydrogen-bond acceptors (Lipinski definition) is 4. The van der Waals surface area contributed by atoms with Crippen LogP contribution in [0.3, 0.4) is 0 Å². The largest absolute Gasteiger partial charge is 0.307 e. The van der Waals surface area contributed by atoms with Crippen LogP contribution >= 0.6 is 23.2 Å². The molecule has 2 saturated heterocycles. The standard InChI is InChI=1S/C22H28Cl2N4/c23-18-4-5-20(24)17(14-18)13-16-6-11-28(12-7-16)19-3-1-8-25-21(15-19)22-26-9-2-10-27-22/h2,4-5,9-10,14,16,19,21,25H,1,3,6-8,11-13,15H2. The molecule has 6 heteroatoms. The molecule has 1 aromatic carbocycles. The number of benzene rings is 1. The van der Waals surface area contributed by atoms with Gasteiger partial charge in [0, 0.05) is 28.5 Å². The van der Waals surface area contributed by atoms with Gasteiger partial charge in [-0.3, -0.25) is 0 Å². The summed E-state index contributed by atoms with van der Waals surface area (Å²) in [6.45, 7) is 3.37. The Labute approximate surface area is 177 Å². The van der Waals surface area contributed by atoms with Gasteiger partial charge >= 0.3 is 0 Å². The first-order valence-corrected chi connectivity index (χ1v) is 11.1. The van der Waals surface area contributed by atoms with Crippen LogP contribution in [0.25, 0.3) is 0 Å². The van der Waals surface area contributed by atoms with E-state index in [-0.39, 0.29) is 6.04 Å². The molecule has 4 rings (SSSR count). The van der Waals surface area contributed by atoms with Crippen LogP contribution in [0.5, 0.6) is 0 Å². The van der Waals surface area contributed by atoms with Gasteiger partial charge in [-0.2, -0.15) is 0 Å². The fourth-order valence-corrected chi connectivity index (χ4v) is 5.03. The summed E-state index contributed by atoms with van der Waals surface area (Å²) < 4.78 is 0. The van der Waals surface area contributed by atoms with Crippen molar-refractivity contribution in [2.24, 2.45) is 5.92 Å². The molecule has 4 nitrogen and oxygen atoms in total. The SMILES string of the molecule is Clc1ccc(Cl)c(CC2CCN(C3CCCNC(c4ncccn4)C3)CC2)c1. The van der Waals surface area contributed by atoms with Gasteiger partial charge in [0.25, 0.3) is 0 Å². The summed E-state index contributed by atoms with van der Waals surface area (Å²) in [5, 5.41) is 5.26. The summed E-state index contributed by atoms with van der Waals surface area (Å²) in [5.74, 6) is 1.62. The Kier molecular flexibility index (Phi) is 6.84. The van der Waals surface area contributed by atoms with Crippen LogP contribution in [-0.2, 0) is 6.42 Å². The second-order valence-electron chi connectivity index (χ2n) is 8.06. The molecule has 0 radical (unpaired) electrons. The predicted molar refractivity (Wildman–Crippen MR) is 115 cm³/mol. The summed E-state index contributed by atoms with van der Waals surface area (Å²) in [5.41, 5.74) is 1.19. The Morgan fingerprint density at radius 1 is 1.07 bits per heavy atom. The predicted octanol–water partition coefficient (Wildman–Crippen LogP) is 4.92. The second-order valence-corrected chi connectivity index (χ2v) is 8.91. The molecule has 150 valence electrons. The van der Waals surface area contributed by atoms with Gasteiger partial charge in [0.05, 0.1) is 6.04 Å². The van der Waals surface area contributed by atoms with Crippen molar-refractivity contribution < 1.29 is 0 Å². The van der Waals surface area contributed by atoms with Crippen molar-refractivity contribution >= 4 is 23.2 Å². The minimum absolute atomic E-state index is 0.261. The van der Waals surface area contributed by atoms with E-state index in [1.807, 2.05) is 36.7 Å². The summed E-state index contributed by atoms with van der Waals surface area (Å²) in [7, 11) is 0. The number of halogens is 2. The Balaban J connectivity index is 1.34. The van der Waals surface area contributed by atoms with Gasteiger partial charge in [-0.05, 0) is 93.9 Å². The van der Waals surface area contributed by atoms with Crippen molar-refractivity contribution in [2.75, 3.05) is 19.6 Å². The van der Waals surface area contributed by atoms with E-state index in [1.165, 1.54) is 31.2 Å². The first-order chi connectivity index (χ1) is 13.7. The molecule has 1 N–H and O–H groups in total. The highest BCUT2D eigenvalue weighted by Gasteiger charge is 2.30. The summed E-state index contributed by atoms with van der Waals surface area (Å²) in [6, 6.07) is 8.56. The number of piperidine rings is 1. The minimum atomic E-state index is 0.261. The average molecular weight is 419 g/mol. The van der Waals surface area contributed by atoms with E-state index >= 15 is 0 Å². The van der Waals surface area contributed by atoms with Crippen molar-refractivity contribution in [1.82, 2.24) is 20.2 Å². The first-order valence-electron chi connectivity index (χ1n) is 10.4. The third kappa shape index (κ3) is 5.04. The lowest BCUT2D eigenvalue weighted by molar-refractivity contribution is 0.117. The summed E-state index contributed by atoms with van der Waals surface area (Å²) in [6.07, 6.45) is 10.7. The average Bonchev–Trinajstić information content (AvgIpc) is 2.98. The molecule has 1 aromatic heterocycles. The van der Waals surface area contributed by atoms with Gasteiger partial charge in [-0.15, -0.1) is 0 Å². The number of rotatable bonds is 4. The van der Waals surface area contributed by atoms with Crippen LogP contribution in [0.15, 0.2) is 36.7 Å². The van der Waals surface area contributed by atoms with Gasteiger partial charge in [-0.25, -0.2) is 9.97 Å². The van der Waals surface area contributed by atoms with Gasteiger partial charge in [0.1, 0.15) is 5.82 Å². The molecule has 2 atom stereocenters. The highest BCUT2D eigenvalue weighted by atomic mass is 35.5. The first kappa shape index (κ1) is 20.1. The molecule has 2 aliphatic heterocycles. The minimum Gasteiger partial charge on any atom is -0.307 e. The highest BCUT2D eigenvalue weighted by molar-refractivity contribution is 6.33.